The zero-order valence-electron chi connectivity index (χ0n) is 19.2. The summed E-state index contributed by atoms with van der Waals surface area (Å²) in [7, 11) is 0. The van der Waals surface area contributed by atoms with Crippen molar-refractivity contribution in [2.45, 2.75) is 57.3 Å². The smallest absolute Gasteiger partial charge is 0.326 e. The van der Waals surface area contributed by atoms with Gasteiger partial charge in [0.25, 0.3) is 0 Å². The number of aliphatic hydroxyl groups is 1. The maximum absolute atomic E-state index is 12.6. The van der Waals surface area contributed by atoms with Crippen molar-refractivity contribution in [2.24, 2.45) is 17.4 Å². The number of benzene rings is 1. The first kappa shape index (κ1) is 28.5. The van der Waals surface area contributed by atoms with E-state index in [2.05, 4.69) is 16.0 Å². The molecule has 0 spiro atoms. The van der Waals surface area contributed by atoms with Gasteiger partial charge in [-0.05, 0) is 24.3 Å². The number of nitrogens with one attached hydrogen (secondary N) is 3. The summed E-state index contributed by atoms with van der Waals surface area (Å²) in [5.41, 5.74) is 11.8. The van der Waals surface area contributed by atoms with Crippen molar-refractivity contribution in [3.05, 3.63) is 35.9 Å². The Morgan fingerprint density at radius 3 is 1.91 bits per heavy atom. The number of carbonyl (C=O) groups is 5. The zero-order chi connectivity index (χ0) is 25.8. The van der Waals surface area contributed by atoms with E-state index in [1.54, 1.807) is 44.2 Å². The van der Waals surface area contributed by atoms with Crippen molar-refractivity contribution in [1.82, 2.24) is 16.0 Å². The van der Waals surface area contributed by atoms with Crippen LogP contribution < -0.4 is 27.4 Å². The molecule has 0 aliphatic carbocycles. The number of amides is 4. The molecule has 0 saturated heterocycles. The lowest BCUT2D eigenvalue weighted by atomic mass is 10.0. The fourth-order valence-corrected chi connectivity index (χ4v) is 3.08. The molecular weight excluding hydrogens is 446 g/mol. The maximum Gasteiger partial charge on any atom is 0.326 e. The normalized spacial score (nSPS) is 14.4. The van der Waals surface area contributed by atoms with Gasteiger partial charge in [0.05, 0.1) is 19.1 Å². The van der Waals surface area contributed by atoms with Crippen LogP contribution in [0.4, 0.5) is 0 Å². The van der Waals surface area contributed by atoms with Crippen LogP contribution in [0.25, 0.3) is 0 Å². The average Bonchev–Trinajstić information content (AvgIpc) is 2.76. The molecule has 0 fully saturated rings. The highest BCUT2D eigenvalue weighted by molar-refractivity contribution is 5.96. The molecule has 34 heavy (non-hydrogen) atoms. The summed E-state index contributed by atoms with van der Waals surface area (Å²) in [5, 5.41) is 25.7. The summed E-state index contributed by atoms with van der Waals surface area (Å²) < 4.78 is 0. The number of carbonyl (C=O) groups excluding carboxylic acids is 4. The summed E-state index contributed by atoms with van der Waals surface area (Å²) in [4.78, 5) is 60.4. The van der Waals surface area contributed by atoms with E-state index in [0.29, 0.717) is 0 Å². The molecule has 0 saturated carbocycles. The van der Waals surface area contributed by atoms with E-state index in [4.69, 9.17) is 11.5 Å². The standard InChI is InChI=1S/C22H33N5O7/c1-12(2)8-16(22(33)34)26-20(31)15(10-18(24)29)25-21(32)17(11-28)27-19(30)14(23)9-13-6-4-3-5-7-13/h3-7,12,14-17,28H,8-11,23H2,1-2H3,(H2,24,29)(H,25,32)(H,26,31)(H,27,30)(H,33,34). The molecule has 0 heterocycles. The highest BCUT2D eigenvalue weighted by Gasteiger charge is 2.31. The van der Waals surface area contributed by atoms with Gasteiger partial charge in [0.15, 0.2) is 0 Å². The third kappa shape index (κ3) is 9.96. The van der Waals surface area contributed by atoms with E-state index < -0.39 is 66.8 Å². The number of aliphatic carboxylic acids is 1. The summed E-state index contributed by atoms with van der Waals surface area (Å²) in [6.07, 6.45) is -0.316. The van der Waals surface area contributed by atoms with Crippen molar-refractivity contribution >= 4 is 29.6 Å². The van der Waals surface area contributed by atoms with E-state index in [-0.39, 0.29) is 18.8 Å². The molecule has 188 valence electrons. The predicted octanol–water partition coefficient (Wildman–Crippen LogP) is -1.99. The fourth-order valence-electron chi connectivity index (χ4n) is 3.08. The Morgan fingerprint density at radius 2 is 1.41 bits per heavy atom. The molecule has 12 heteroatoms. The number of rotatable bonds is 14. The van der Waals surface area contributed by atoms with Crippen LogP contribution in [0.1, 0.15) is 32.3 Å². The Hall–Kier alpha value is -3.51. The second-order valence-electron chi connectivity index (χ2n) is 8.30. The van der Waals surface area contributed by atoms with Gasteiger partial charge in [-0.2, -0.15) is 0 Å². The summed E-state index contributed by atoms with van der Waals surface area (Å²) >= 11 is 0. The lowest BCUT2D eigenvalue weighted by Gasteiger charge is -2.24. The zero-order valence-corrected chi connectivity index (χ0v) is 19.2. The van der Waals surface area contributed by atoms with Crippen LogP contribution in [-0.2, 0) is 30.4 Å². The van der Waals surface area contributed by atoms with E-state index in [1.165, 1.54) is 0 Å². The number of hydrogen-bond donors (Lipinski definition) is 7. The average molecular weight is 480 g/mol. The SMILES string of the molecule is CC(C)CC(NC(=O)C(CC(N)=O)NC(=O)C(CO)NC(=O)C(N)Cc1ccccc1)C(=O)O. The molecule has 1 aromatic rings. The minimum atomic E-state index is -1.51. The molecule has 9 N–H and O–H groups in total. The van der Waals surface area contributed by atoms with Gasteiger partial charge >= 0.3 is 5.97 Å². The monoisotopic (exact) mass is 479 g/mol. The molecule has 4 unspecified atom stereocenters. The minimum Gasteiger partial charge on any atom is -0.480 e. The number of hydrogen-bond acceptors (Lipinski definition) is 7. The van der Waals surface area contributed by atoms with Gasteiger partial charge < -0.3 is 37.6 Å². The third-order valence-electron chi connectivity index (χ3n) is 4.81. The second kappa shape index (κ2) is 13.9. The van der Waals surface area contributed by atoms with Crippen molar-refractivity contribution < 1.29 is 34.2 Å². The van der Waals surface area contributed by atoms with Crippen LogP contribution in [0, 0.1) is 5.92 Å². The van der Waals surface area contributed by atoms with Crippen molar-refractivity contribution in [3.63, 3.8) is 0 Å². The van der Waals surface area contributed by atoms with E-state index in [0.717, 1.165) is 5.56 Å². The van der Waals surface area contributed by atoms with Gasteiger partial charge in [0, 0.05) is 0 Å². The molecule has 12 nitrogen and oxygen atoms in total. The van der Waals surface area contributed by atoms with Crippen LogP contribution in [0.3, 0.4) is 0 Å². The molecule has 0 radical (unpaired) electrons. The predicted molar refractivity (Wildman–Crippen MR) is 122 cm³/mol. The molecule has 0 aliphatic rings. The van der Waals surface area contributed by atoms with Crippen molar-refractivity contribution in [1.29, 1.82) is 0 Å². The largest absolute Gasteiger partial charge is 0.480 e. The molecule has 1 rings (SSSR count). The molecule has 0 bridgehead atoms. The molecule has 4 amide bonds. The van der Waals surface area contributed by atoms with Crippen LogP contribution >= 0.6 is 0 Å². The van der Waals surface area contributed by atoms with E-state index in [9.17, 15) is 34.2 Å². The number of carboxylic acids is 1. The van der Waals surface area contributed by atoms with Gasteiger partial charge in [-0.25, -0.2) is 4.79 Å². The molecule has 0 aliphatic heterocycles. The highest BCUT2D eigenvalue weighted by atomic mass is 16.4. The quantitative estimate of drug-likeness (QED) is 0.158. The minimum absolute atomic E-state index is 0.0559. The molecular formula is C22H33N5O7. The Bertz CT molecular complexity index is 862. The summed E-state index contributed by atoms with van der Waals surface area (Å²) in [6.45, 7) is 2.72. The number of primary amides is 1. The number of nitrogens with two attached hydrogens (primary N) is 2. The van der Waals surface area contributed by atoms with Crippen LogP contribution in [-0.4, -0.2) is 70.6 Å². The number of aliphatic hydroxyl groups excluding tert-OH is 1. The first-order valence-electron chi connectivity index (χ1n) is 10.8. The summed E-state index contributed by atoms with van der Waals surface area (Å²) in [6, 6.07) is 3.69. The Balaban J connectivity index is 2.84. The van der Waals surface area contributed by atoms with Gasteiger partial charge in [-0.15, -0.1) is 0 Å². The second-order valence-corrected chi connectivity index (χ2v) is 8.30. The van der Waals surface area contributed by atoms with Gasteiger partial charge in [0.2, 0.25) is 23.6 Å². The third-order valence-corrected chi connectivity index (χ3v) is 4.81. The highest BCUT2D eigenvalue weighted by Crippen LogP contribution is 2.06. The summed E-state index contributed by atoms with van der Waals surface area (Å²) in [5.74, 6) is -4.88. The van der Waals surface area contributed by atoms with Gasteiger partial charge in [-0.3, -0.25) is 19.2 Å². The van der Waals surface area contributed by atoms with E-state index >= 15 is 0 Å². The van der Waals surface area contributed by atoms with Crippen LogP contribution in [0.2, 0.25) is 0 Å². The lowest BCUT2D eigenvalue weighted by Crippen LogP contribution is -2.58. The Kier molecular flexibility index (Phi) is 11.7. The molecule has 1 aromatic carbocycles. The lowest BCUT2D eigenvalue weighted by molar-refractivity contribution is -0.143. The first-order chi connectivity index (χ1) is 15.9. The van der Waals surface area contributed by atoms with Crippen LogP contribution in [0.15, 0.2) is 30.3 Å². The molecule has 0 aromatic heterocycles. The fraction of sp³-hybridized carbons (Fsp3) is 0.500. The Morgan fingerprint density at radius 1 is 0.882 bits per heavy atom. The first-order valence-corrected chi connectivity index (χ1v) is 10.8. The van der Waals surface area contributed by atoms with Crippen molar-refractivity contribution in [3.8, 4) is 0 Å². The van der Waals surface area contributed by atoms with Gasteiger partial charge in [0.1, 0.15) is 18.1 Å². The van der Waals surface area contributed by atoms with Gasteiger partial charge in [-0.1, -0.05) is 44.2 Å². The number of carboxylic acid groups (broad SMARTS) is 1. The van der Waals surface area contributed by atoms with E-state index in [1.807, 2.05) is 0 Å². The maximum atomic E-state index is 12.6. The van der Waals surface area contributed by atoms with Crippen molar-refractivity contribution in [2.75, 3.05) is 6.61 Å². The molecule has 4 atom stereocenters. The topological polar surface area (TPSA) is 214 Å². The van der Waals surface area contributed by atoms with Crippen LogP contribution in [0.5, 0.6) is 0 Å². The Labute approximate surface area is 197 Å².